The molecule has 0 aromatic heterocycles. The first-order chi connectivity index (χ1) is 8.54. The second-order valence-electron chi connectivity index (χ2n) is 4.98. The van der Waals surface area contributed by atoms with Gasteiger partial charge in [-0.2, -0.15) is 0 Å². The molecule has 0 amide bonds. The van der Waals surface area contributed by atoms with Crippen molar-refractivity contribution in [1.82, 2.24) is 0 Å². The summed E-state index contributed by atoms with van der Waals surface area (Å²) in [5, 5.41) is 11.7. The van der Waals surface area contributed by atoms with Gasteiger partial charge in [0.2, 0.25) is 0 Å². The quantitative estimate of drug-likeness (QED) is 0.366. The number of rotatable bonds is 2. The molecule has 3 N–H and O–H groups in total. The number of nitrogens with zero attached hydrogens (tertiary/aromatic N) is 2. The molecule has 4 nitrogen and oxygen atoms in total. The molecule has 1 saturated heterocycles. The van der Waals surface area contributed by atoms with Crippen LogP contribution in [0.1, 0.15) is 19.4 Å². The van der Waals surface area contributed by atoms with Gasteiger partial charge in [-0.3, -0.25) is 0 Å². The number of oxime groups is 1. The first-order valence-corrected chi connectivity index (χ1v) is 6.06. The minimum Gasteiger partial charge on any atom is -0.409 e. The summed E-state index contributed by atoms with van der Waals surface area (Å²) in [6.45, 7) is 6.06. The first kappa shape index (κ1) is 12.7. The van der Waals surface area contributed by atoms with E-state index >= 15 is 0 Å². The van der Waals surface area contributed by atoms with Crippen molar-refractivity contribution in [2.45, 2.75) is 13.8 Å². The van der Waals surface area contributed by atoms with E-state index in [2.05, 4.69) is 23.9 Å². The van der Waals surface area contributed by atoms with Crippen molar-refractivity contribution in [3.05, 3.63) is 29.6 Å². The van der Waals surface area contributed by atoms with E-state index in [0.717, 1.165) is 13.1 Å². The summed E-state index contributed by atoms with van der Waals surface area (Å²) in [7, 11) is 0. The number of benzene rings is 1. The maximum Gasteiger partial charge on any atom is 0.175 e. The van der Waals surface area contributed by atoms with E-state index in [1.54, 1.807) is 12.1 Å². The number of amidine groups is 1. The third-order valence-corrected chi connectivity index (χ3v) is 3.68. The third-order valence-electron chi connectivity index (χ3n) is 3.68. The Morgan fingerprint density at radius 2 is 2.00 bits per heavy atom. The van der Waals surface area contributed by atoms with Crippen LogP contribution in [0.3, 0.4) is 0 Å². The van der Waals surface area contributed by atoms with Crippen molar-refractivity contribution in [3.8, 4) is 0 Å². The van der Waals surface area contributed by atoms with E-state index in [-0.39, 0.29) is 11.4 Å². The highest BCUT2D eigenvalue weighted by atomic mass is 19.1. The van der Waals surface area contributed by atoms with Crippen LogP contribution in [0.5, 0.6) is 0 Å². The molecule has 0 saturated carbocycles. The van der Waals surface area contributed by atoms with Gasteiger partial charge in [0.15, 0.2) is 5.84 Å². The van der Waals surface area contributed by atoms with Crippen molar-refractivity contribution in [3.63, 3.8) is 0 Å². The fraction of sp³-hybridized carbons (Fsp3) is 0.462. The SMILES string of the molecule is CC1CN(c2cccc(F)c2C(N)=NO)CC1C. The lowest BCUT2D eigenvalue weighted by Crippen LogP contribution is -2.25. The Kier molecular flexibility index (Phi) is 3.41. The van der Waals surface area contributed by atoms with Gasteiger partial charge in [0.25, 0.3) is 0 Å². The Hall–Kier alpha value is -1.78. The highest BCUT2D eigenvalue weighted by molar-refractivity contribution is 6.02. The highest BCUT2D eigenvalue weighted by Gasteiger charge is 2.28. The molecule has 0 radical (unpaired) electrons. The van der Waals surface area contributed by atoms with E-state index in [1.807, 2.05) is 0 Å². The maximum atomic E-state index is 13.8. The van der Waals surface area contributed by atoms with Crippen molar-refractivity contribution in [2.75, 3.05) is 18.0 Å². The maximum absolute atomic E-state index is 13.8. The van der Waals surface area contributed by atoms with E-state index in [0.29, 0.717) is 17.5 Å². The Morgan fingerprint density at radius 3 is 2.56 bits per heavy atom. The summed E-state index contributed by atoms with van der Waals surface area (Å²) in [4.78, 5) is 2.09. The van der Waals surface area contributed by atoms with Gasteiger partial charge in [0.05, 0.1) is 11.3 Å². The summed E-state index contributed by atoms with van der Waals surface area (Å²) in [6, 6.07) is 4.77. The molecule has 1 heterocycles. The molecule has 1 aliphatic rings. The van der Waals surface area contributed by atoms with Gasteiger partial charge in [-0.25, -0.2) is 4.39 Å². The third kappa shape index (κ3) is 2.12. The minimum atomic E-state index is -0.463. The zero-order valence-electron chi connectivity index (χ0n) is 10.6. The molecular formula is C13H18FN3O. The Balaban J connectivity index is 2.42. The average Bonchev–Trinajstić information content (AvgIpc) is 2.68. The van der Waals surface area contributed by atoms with Gasteiger partial charge in [-0.05, 0) is 24.0 Å². The van der Waals surface area contributed by atoms with E-state index in [9.17, 15) is 4.39 Å². The average molecular weight is 251 g/mol. The Labute approximate surface area is 106 Å². The summed E-state index contributed by atoms with van der Waals surface area (Å²) < 4.78 is 13.8. The molecule has 2 rings (SSSR count). The normalized spacial score (nSPS) is 24.6. The van der Waals surface area contributed by atoms with E-state index in [1.165, 1.54) is 6.07 Å². The predicted octanol–water partition coefficient (Wildman–Crippen LogP) is 2.01. The molecule has 0 spiro atoms. The van der Waals surface area contributed by atoms with Crippen LogP contribution in [-0.2, 0) is 0 Å². The largest absolute Gasteiger partial charge is 0.409 e. The molecule has 0 bridgehead atoms. The van der Waals surface area contributed by atoms with Gasteiger partial charge < -0.3 is 15.8 Å². The van der Waals surface area contributed by atoms with Crippen LogP contribution in [0, 0.1) is 17.7 Å². The monoisotopic (exact) mass is 251 g/mol. The lowest BCUT2D eigenvalue weighted by Gasteiger charge is -2.21. The van der Waals surface area contributed by atoms with Gasteiger partial charge in [0, 0.05) is 13.1 Å². The number of halogens is 1. The zero-order valence-corrected chi connectivity index (χ0v) is 10.6. The van der Waals surface area contributed by atoms with Crippen LogP contribution in [0.25, 0.3) is 0 Å². The summed E-state index contributed by atoms with van der Waals surface area (Å²) in [6.07, 6.45) is 0. The fourth-order valence-electron chi connectivity index (χ4n) is 2.41. The van der Waals surface area contributed by atoms with Crippen LogP contribution in [0.2, 0.25) is 0 Å². The zero-order chi connectivity index (χ0) is 13.3. The van der Waals surface area contributed by atoms with Crippen LogP contribution in [-0.4, -0.2) is 24.1 Å². The van der Waals surface area contributed by atoms with Crippen molar-refractivity contribution >= 4 is 11.5 Å². The Bertz CT molecular complexity index is 465. The smallest absolute Gasteiger partial charge is 0.175 e. The summed E-state index contributed by atoms with van der Waals surface area (Å²) in [5.74, 6) is 0.451. The molecule has 98 valence electrons. The number of nitrogens with two attached hydrogens (primary N) is 1. The lowest BCUT2D eigenvalue weighted by molar-refractivity contribution is 0.318. The van der Waals surface area contributed by atoms with Crippen LogP contribution < -0.4 is 10.6 Å². The Morgan fingerprint density at radius 1 is 1.39 bits per heavy atom. The molecule has 0 aliphatic carbocycles. The second kappa shape index (κ2) is 4.84. The fourth-order valence-corrected chi connectivity index (χ4v) is 2.41. The topological polar surface area (TPSA) is 61.8 Å². The van der Waals surface area contributed by atoms with Crippen LogP contribution >= 0.6 is 0 Å². The van der Waals surface area contributed by atoms with Crippen LogP contribution in [0.15, 0.2) is 23.4 Å². The molecule has 1 aromatic rings. The van der Waals surface area contributed by atoms with Crippen molar-refractivity contribution in [1.29, 1.82) is 0 Å². The first-order valence-electron chi connectivity index (χ1n) is 6.06. The number of hydrogen-bond donors (Lipinski definition) is 2. The van der Waals surface area contributed by atoms with Gasteiger partial charge in [-0.15, -0.1) is 0 Å². The van der Waals surface area contributed by atoms with Crippen molar-refractivity contribution in [2.24, 2.45) is 22.7 Å². The predicted molar refractivity (Wildman–Crippen MR) is 69.5 cm³/mol. The lowest BCUT2D eigenvalue weighted by atomic mass is 10.0. The van der Waals surface area contributed by atoms with Gasteiger partial charge in [0.1, 0.15) is 5.82 Å². The van der Waals surface area contributed by atoms with Gasteiger partial charge >= 0.3 is 0 Å². The molecule has 2 unspecified atom stereocenters. The van der Waals surface area contributed by atoms with E-state index in [4.69, 9.17) is 10.9 Å². The second-order valence-corrected chi connectivity index (χ2v) is 4.98. The standard InChI is InChI=1S/C13H18FN3O/c1-8-6-17(7-9(8)2)11-5-3-4-10(14)12(11)13(15)16-18/h3-5,8-9,18H,6-7H2,1-2H3,(H2,15,16). The number of hydrogen-bond acceptors (Lipinski definition) is 3. The molecule has 5 heteroatoms. The molecule has 2 atom stereocenters. The molecular weight excluding hydrogens is 233 g/mol. The van der Waals surface area contributed by atoms with Crippen LogP contribution in [0.4, 0.5) is 10.1 Å². The summed E-state index contributed by atoms with van der Waals surface area (Å²) >= 11 is 0. The molecule has 1 aromatic carbocycles. The van der Waals surface area contributed by atoms with E-state index < -0.39 is 5.82 Å². The summed E-state index contributed by atoms with van der Waals surface area (Å²) in [5.41, 5.74) is 6.44. The van der Waals surface area contributed by atoms with Gasteiger partial charge in [-0.1, -0.05) is 25.1 Å². The minimum absolute atomic E-state index is 0.182. The molecule has 1 fully saturated rings. The number of anilines is 1. The molecule has 18 heavy (non-hydrogen) atoms. The van der Waals surface area contributed by atoms with Crippen molar-refractivity contribution < 1.29 is 9.60 Å². The highest BCUT2D eigenvalue weighted by Crippen LogP contribution is 2.31. The molecule has 1 aliphatic heterocycles.